The van der Waals surface area contributed by atoms with Crippen LogP contribution in [0, 0.1) is 5.92 Å². The van der Waals surface area contributed by atoms with Gasteiger partial charge in [-0.15, -0.1) is 0 Å². The first-order chi connectivity index (χ1) is 8.36. The highest BCUT2D eigenvalue weighted by atomic mass is 16.3. The summed E-state index contributed by atoms with van der Waals surface area (Å²) in [6.07, 6.45) is 0. The summed E-state index contributed by atoms with van der Waals surface area (Å²) in [5.41, 5.74) is -0.0914. The van der Waals surface area contributed by atoms with E-state index < -0.39 is 0 Å². The van der Waals surface area contributed by atoms with Crippen molar-refractivity contribution in [1.82, 2.24) is 9.97 Å². The van der Waals surface area contributed by atoms with E-state index in [0.29, 0.717) is 6.54 Å². The summed E-state index contributed by atoms with van der Waals surface area (Å²) in [7, 11) is 1.84. The molecule has 0 fully saturated rings. The molecule has 1 rings (SSSR count). The fourth-order valence-electron chi connectivity index (χ4n) is 1.34. The van der Waals surface area contributed by atoms with Gasteiger partial charge in [0.15, 0.2) is 0 Å². The summed E-state index contributed by atoms with van der Waals surface area (Å²) >= 11 is 0. The van der Waals surface area contributed by atoms with Crippen LogP contribution in [0.1, 0.15) is 33.5 Å². The predicted octanol–water partition coefficient (Wildman–Crippen LogP) is 1.86. The molecule has 1 aromatic rings. The monoisotopic (exact) mass is 252 g/mol. The standard InChI is InChI=1S/C13H24N4O/c1-9(8-18)7-15-11-6-10(14-5)16-12(17-11)13(2,3)4/h6,9,18H,7-8H2,1-5H3,(H2,14,15,16,17). The van der Waals surface area contributed by atoms with Gasteiger partial charge in [0.05, 0.1) is 0 Å². The van der Waals surface area contributed by atoms with Gasteiger partial charge < -0.3 is 15.7 Å². The summed E-state index contributed by atoms with van der Waals surface area (Å²) in [5.74, 6) is 2.60. The number of hydrogen-bond donors (Lipinski definition) is 3. The number of aliphatic hydroxyl groups excluding tert-OH is 1. The summed E-state index contributed by atoms with van der Waals surface area (Å²) in [6.45, 7) is 9.10. The zero-order valence-electron chi connectivity index (χ0n) is 11.9. The fourth-order valence-corrected chi connectivity index (χ4v) is 1.34. The van der Waals surface area contributed by atoms with Crippen molar-refractivity contribution in [2.24, 2.45) is 5.92 Å². The number of aromatic nitrogens is 2. The number of aliphatic hydroxyl groups is 1. The van der Waals surface area contributed by atoms with E-state index in [1.807, 2.05) is 20.0 Å². The Morgan fingerprint density at radius 1 is 1.28 bits per heavy atom. The Kier molecular flexibility index (Phi) is 4.90. The molecule has 0 spiro atoms. The molecule has 1 unspecified atom stereocenters. The van der Waals surface area contributed by atoms with Gasteiger partial charge in [-0.2, -0.15) is 0 Å². The molecule has 1 atom stereocenters. The van der Waals surface area contributed by atoms with Crippen LogP contribution in [-0.4, -0.2) is 35.3 Å². The summed E-state index contributed by atoms with van der Waals surface area (Å²) in [4.78, 5) is 8.97. The fraction of sp³-hybridized carbons (Fsp3) is 0.692. The Morgan fingerprint density at radius 2 is 1.89 bits per heavy atom. The van der Waals surface area contributed by atoms with Crippen LogP contribution in [0.2, 0.25) is 0 Å². The van der Waals surface area contributed by atoms with Gasteiger partial charge in [0.1, 0.15) is 17.5 Å². The first-order valence-electron chi connectivity index (χ1n) is 6.29. The summed E-state index contributed by atoms with van der Waals surface area (Å²) in [5, 5.41) is 15.3. The Hall–Kier alpha value is -1.36. The number of rotatable bonds is 5. The van der Waals surface area contributed by atoms with Crippen LogP contribution in [0.25, 0.3) is 0 Å². The minimum atomic E-state index is -0.0914. The smallest absolute Gasteiger partial charge is 0.138 e. The minimum Gasteiger partial charge on any atom is -0.396 e. The van der Waals surface area contributed by atoms with E-state index in [9.17, 15) is 0 Å². The second kappa shape index (κ2) is 6.00. The normalized spacial score (nSPS) is 13.2. The molecule has 0 saturated heterocycles. The molecule has 102 valence electrons. The molecule has 0 aromatic carbocycles. The first-order valence-corrected chi connectivity index (χ1v) is 6.29. The molecule has 5 heteroatoms. The molecule has 18 heavy (non-hydrogen) atoms. The van der Waals surface area contributed by atoms with Gasteiger partial charge in [-0.05, 0) is 5.92 Å². The van der Waals surface area contributed by atoms with Gasteiger partial charge in [0.25, 0.3) is 0 Å². The van der Waals surface area contributed by atoms with Crippen LogP contribution in [0.15, 0.2) is 6.07 Å². The van der Waals surface area contributed by atoms with Crippen molar-refractivity contribution in [3.05, 3.63) is 11.9 Å². The zero-order chi connectivity index (χ0) is 13.8. The maximum atomic E-state index is 9.01. The Balaban J connectivity index is 2.91. The van der Waals surface area contributed by atoms with Crippen molar-refractivity contribution in [2.45, 2.75) is 33.1 Å². The Morgan fingerprint density at radius 3 is 2.39 bits per heavy atom. The van der Waals surface area contributed by atoms with E-state index in [1.165, 1.54) is 0 Å². The maximum absolute atomic E-state index is 9.01. The molecular formula is C13H24N4O. The third-order valence-corrected chi connectivity index (χ3v) is 2.60. The molecule has 0 aliphatic carbocycles. The average molecular weight is 252 g/mol. The van der Waals surface area contributed by atoms with Gasteiger partial charge in [0, 0.05) is 31.7 Å². The number of hydrogen-bond acceptors (Lipinski definition) is 5. The first kappa shape index (κ1) is 14.7. The van der Waals surface area contributed by atoms with Crippen LogP contribution in [0.5, 0.6) is 0 Å². The van der Waals surface area contributed by atoms with Crippen molar-refractivity contribution in [1.29, 1.82) is 0 Å². The Labute approximate surface area is 109 Å². The number of nitrogens with zero attached hydrogens (tertiary/aromatic N) is 2. The number of anilines is 2. The predicted molar refractivity (Wildman–Crippen MR) is 75.0 cm³/mol. The quantitative estimate of drug-likeness (QED) is 0.746. The maximum Gasteiger partial charge on any atom is 0.138 e. The van der Waals surface area contributed by atoms with E-state index in [1.54, 1.807) is 0 Å². The van der Waals surface area contributed by atoms with Crippen molar-refractivity contribution in [3.8, 4) is 0 Å². The van der Waals surface area contributed by atoms with Crippen LogP contribution < -0.4 is 10.6 Å². The van der Waals surface area contributed by atoms with Crippen molar-refractivity contribution in [2.75, 3.05) is 30.8 Å². The van der Waals surface area contributed by atoms with E-state index >= 15 is 0 Å². The lowest BCUT2D eigenvalue weighted by Crippen LogP contribution is -2.20. The largest absolute Gasteiger partial charge is 0.396 e. The SMILES string of the molecule is CNc1cc(NCC(C)CO)nc(C(C)(C)C)n1. The van der Waals surface area contributed by atoms with Gasteiger partial charge in [-0.3, -0.25) is 0 Å². The summed E-state index contributed by atoms with van der Waals surface area (Å²) in [6, 6.07) is 1.87. The van der Waals surface area contributed by atoms with Crippen molar-refractivity contribution < 1.29 is 5.11 Å². The molecule has 0 aliphatic rings. The van der Waals surface area contributed by atoms with Crippen molar-refractivity contribution in [3.63, 3.8) is 0 Å². The third-order valence-electron chi connectivity index (χ3n) is 2.60. The van der Waals surface area contributed by atoms with Gasteiger partial charge >= 0.3 is 0 Å². The lowest BCUT2D eigenvalue weighted by atomic mass is 9.96. The molecule has 0 saturated carbocycles. The molecule has 1 aromatic heterocycles. The molecule has 1 heterocycles. The minimum absolute atomic E-state index is 0.0914. The van der Waals surface area contributed by atoms with Crippen LogP contribution in [0.4, 0.5) is 11.6 Å². The number of nitrogens with one attached hydrogen (secondary N) is 2. The summed E-state index contributed by atoms with van der Waals surface area (Å²) < 4.78 is 0. The van der Waals surface area contributed by atoms with Gasteiger partial charge in [-0.1, -0.05) is 27.7 Å². The molecule has 0 amide bonds. The van der Waals surface area contributed by atoms with Crippen molar-refractivity contribution >= 4 is 11.6 Å². The third kappa shape index (κ3) is 4.14. The van der Waals surface area contributed by atoms with E-state index in [-0.39, 0.29) is 17.9 Å². The lowest BCUT2D eigenvalue weighted by Gasteiger charge is -2.19. The second-order valence-corrected chi connectivity index (χ2v) is 5.63. The van der Waals surface area contributed by atoms with E-state index in [4.69, 9.17) is 5.11 Å². The zero-order valence-corrected chi connectivity index (χ0v) is 11.9. The van der Waals surface area contributed by atoms with Crippen LogP contribution >= 0.6 is 0 Å². The highest BCUT2D eigenvalue weighted by Gasteiger charge is 2.19. The molecule has 3 N–H and O–H groups in total. The van der Waals surface area contributed by atoms with Crippen LogP contribution in [0.3, 0.4) is 0 Å². The molecule has 0 radical (unpaired) electrons. The molecule has 0 bridgehead atoms. The van der Waals surface area contributed by atoms with Crippen LogP contribution in [-0.2, 0) is 5.41 Å². The average Bonchev–Trinajstić information content (AvgIpc) is 2.34. The highest BCUT2D eigenvalue weighted by molar-refractivity contribution is 5.47. The molecular weight excluding hydrogens is 228 g/mol. The van der Waals surface area contributed by atoms with E-state index in [0.717, 1.165) is 17.5 Å². The van der Waals surface area contributed by atoms with Gasteiger partial charge in [0.2, 0.25) is 0 Å². The topological polar surface area (TPSA) is 70.1 Å². The lowest BCUT2D eigenvalue weighted by molar-refractivity contribution is 0.244. The van der Waals surface area contributed by atoms with Gasteiger partial charge in [-0.25, -0.2) is 9.97 Å². The second-order valence-electron chi connectivity index (χ2n) is 5.63. The Bertz CT molecular complexity index is 387. The van der Waals surface area contributed by atoms with E-state index in [2.05, 4.69) is 41.4 Å². The molecule has 5 nitrogen and oxygen atoms in total. The highest BCUT2D eigenvalue weighted by Crippen LogP contribution is 2.22. The molecule has 0 aliphatic heterocycles.